The lowest BCUT2D eigenvalue weighted by molar-refractivity contribution is 0.0556. The number of unbranched alkanes of at least 4 members (excludes halogenated alkanes) is 5. The summed E-state index contributed by atoms with van der Waals surface area (Å²) in [6.07, 6.45) is 9.02. The molecule has 0 aliphatic heterocycles. The van der Waals surface area contributed by atoms with Gasteiger partial charge in [-0.25, -0.2) is 0 Å². The second-order valence-corrected chi connectivity index (χ2v) is 13.0. The fourth-order valence-corrected chi connectivity index (χ4v) is 7.31. The Morgan fingerprint density at radius 3 is 1.55 bits per heavy atom. The minimum absolute atomic E-state index is 0.126. The van der Waals surface area contributed by atoms with Crippen LogP contribution in [0.1, 0.15) is 79.1 Å². The maximum atomic E-state index is 5.97. The molecule has 0 heterocycles. The van der Waals surface area contributed by atoms with Crippen molar-refractivity contribution in [2.75, 3.05) is 53.4 Å². The first-order chi connectivity index (χ1) is 20.6. The monoisotopic (exact) mass is 604 g/mol. The highest BCUT2D eigenvalue weighted by molar-refractivity contribution is 6.60. The van der Waals surface area contributed by atoms with Crippen molar-refractivity contribution < 1.29 is 32.2 Å². The quantitative estimate of drug-likeness (QED) is 0.0790. The third kappa shape index (κ3) is 14.5. The maximum absolute atomic E-state index is 5.97. The molecule has 0 radical (unpaired) electrons. The summed E-state index contributed by atoms with van der Waals surface area (Å²) in [5, 5.41) is 0. The summed E-state index contributed by atoms with van der Waals surface area (Å²) in [4.78, 5) is 0. The Morgan fingerprint density at radius 1 is 0.571 bits per heavy atom. The summed E-state index contributed by atoms with van der Waals surface area (Å²) in [5.41, 5.74) is 2.32. The van der Waals surface area contributed by atoms with Gasteiger partial charge < -0.3 is 32.2 Å². The molecule has 8 heteroatoms. The molecule has 42 heavy (non-hydrogen) atoms. The van der Waals surface area contributed by atoms with Crippen LogP contribution < -0.4 is 9.47 Å². The number of benzene rings is 2. The van der Waals surface area contributed by atoms with Crippen molar-refractivity contribution in [3.63, 3.8) is 0 Å². The van der Waals surface area contributed by atoms with Crippen molar-refractivity contribution >= 4 is 8.80 Å². The number of rotatable bonds is 26. The van der Waals surface area contributed by atoms with Gasteiger partial charge in [-0.2, -0.15) is 0 Å². The van der Waals surface area contributed by atoms with Crippen LogP contribution in [0.4, 0.5) is 0 Å². The maximum Gasteiger partial charge on any atom is 0.501 e. The van der Waals surface area contributed by atoms with Gasteiger partial charge in [-0.05, 0) is 81.8 Å². The molecule has 0 amide bonds. The van der Waals surface area contributed by atoms with E-state index in [-0.39, 0.29) is 6.10 Å². The normalized spacial score (nSPS) is 12.4. The average molecular weight is 605 g/mol. The van der Waals surface area contributed by atoms with E-state index >= 15 is 0 Å². The molecular weight excluding hydrogens is 548 g/mol. The number of hydrogen-bond donors (Lipinski definition) is 0. The van der Waals surface area contributed by atoms with Crippen LogP contribution >= 0.6 is 0 Å². The Kier molecular flexibility index (Phi) is 19.5. The van der Waals surface area contributed by atoms with E-state index in [9.17, 15) is 0 Å². The van der Waals surface area contributed by atoms with Gasteiger partial charge in [-0.1, -0.05) is 56.9 Å². The molecule has 1 unspecified atom stereocenters. The zero-order valence-electron chi connectivity index (χ0n) is 26.9. The van der Waals surface area contributed by atoms with Crippen molar-refractivity contribution in [1.29, 1.82) is 0 Å². The molecule has 0 fully saturated rings. The molecular formula is C34H56O7Si. The van der Waals surface area contributed by atoms with E-state index in [1.54, 1.807) is 7.11 Å². The molecule has 0 spiro atoms. The van der Waals surface area contributed by atoms with Crippen LogP contribution in [0.3, 0.4) is 0 Å². The average Bonchev–Trinajstić information content (AvgIpc) is 3.01. The van der Waals surface area contributed by atoms with Crippen molar-refractivity contribution in [2.45, 2.75) is 91.2 Å². The van der Waals surface area contributed by atoms with Crippen LogP contribution in [0.25, 0.3) is 11.1 Å². The topological polar surface area (TPSA) is 64.6 Å². The summed E-state index contributed by atoms with van der Waals surface area (Å²) < 4.78 is 40.7. The highest BCUT2D eigenvalue weighted by Crippen LogP contribution is 2.25. The molecule has 2 aromatic rings. The van der Waals surface area contributed by atoms with Crippen molar-refractivity contribution in [3.8, 4) is 22.6 Å². The molecule has 0 saturated heterocycles. The Morgan fingerprint density at radius 2 is 1.05 bits per heavy atom. The van der Waals surface area contributed by atoms with Crippen LogP contribution in [0.15, 0.2) is 48.5 Å². The van der Waals surface area contributed by atoms with Crippen LogP contribution in [-0.2, 0) is 22.8 Å². The minimum atomic E-state index is -2.54. The third-order valence-electron chi connectivity index (χ3n) is 7.08. The SMILES string of the molecule is CCO[Si](CCCOCCCCCCCCOc1ccc(-c2ccc(OCC(CC)OC)cc2)cc1)(OCC)OCC. The fourth-order valence-electron chi connectivity index (χ4n) is 4.73. The first kappa shape index (κ1) is 36.2. The predicted molar refractivity (Wildman–Crippen MR) is 173 cm³/mol. The van der Waals surface area contributed by atoms with Gasteiger partial charge in [0.15, 0.2) is 0 Å². The van der Waals surface area contributed by atoms with Crippen LogP contribution in [0.2, 0.25) is 6.04 Å². The fraction of sp³-hybridized carbons (Fsp3) is 0.647. The summed E-state index contributed by atoms with van der Waals surface area (Å²) in [6, 6.07) is 17.3. The molecule has 0 bridgehead atoms. The lowest BCUT2D eigenvalue weighted by Crippen LogP contribution is -2.46. The first-order valence-corrected chi connectivity index (χ1v) is 18.0. The van der Waals surface area contributed by atoms with Gasteiger partial charge in [-0.3, -0.25) is 0 Å². The van der Waals surface area contributed by atoms with E-state index in [4.69, 9.17) is 32.2 Å². The largest absolute Gasteiger partial charge is 0.501 e. The van der Waals surface area contributed by atoms with Crippen LogP contribution in [-0.4, -0.2) is 68.3 Å². The zero-order chi connectivity index (χ0) is 30.3. The predicted octanol–water partition coefficient (Wildman–Crippen LogP) is 8.33. The summed E-state index contributed by atoms with van der Waals surface area (Å²) in [6.45, 7) is 12.8. The first-order valence-electron chi connectivity index (χ1n) is 16.1. The van der Waals surface area contributed by atoms with E-state index in [0.717, 1.165) is 74.2 Å². The lowest BCUT2D eigenvalue weighted by Gasteiger charge is -2.28. The van der Waals surface area contributed by atoms with E-state index in [1.807, 2.05) is 32.9 Å². The summed E-state index contributed by atoms with van der Waals surface area (Å²) in [5.74, 6) is 1.78. The van der Waals surface area contributed by atoms with Gasteiger partial charge in [0, 0.05) is 46.2 Å². The van der Waals surface area contributed by atoms with E-state index in [0.29, 0.717) is 26.4 Å². The minimum Gasteiger partial charge on any atom is -0.494 e. The molecule has 0 aromatic heterocycles. The Balaban J connectivity index is 1.50. The molecule has 2 rings (SSSR count). The molecule has 0 N–H and O–H groups in total. The highest BCUT2D eigenvalue weighted by atomic mass is 28.4. The van der Waals surface area contributed by atoms with Crippen molar-refractivity contribution in [1.82, 2.24) is 0 Å². The smallest absolute Gasteiger partial charge is 0.494 e. The van der Waals surface area contributed by atoms with E-state index in [1.165, 1.54) is 25.7 Å². The highest BCUT2D eigenvalue weighted by Gasteiger charge is 2.39. The Hall–Kier alpha value is -1.94. The molecule has 0 aliphatic carbocycles. The van der Waals surface area contributed by atoms with Gasteiger partial charge in [0.05, 0.1) is 12.7 Å². The number of ether oxygens (including phenoxy) is 4. The van der Waals surface area contributed by atoms with E-state index < -0.39 is 8.80 Å². The van der Waals surface area contributed by atoms with Gasteiger partial charge in [0.1, 0.15) is 18.1 Å². The molecule has 1 atom stereocenters. The Labute approximate surface area is 256 Å². The standard InChI is InChI=1S/C34H56O7Si/c1-6-32(35-5)29-38-34-23-19-31(20-24-34)30-17-21-33(22-18-30)37-27-15-13-11-10-12-14-25-36-26-16-28-42(39-7-2,40-8-3)41-9-4/h17-24,32H,6-16,25-29H2,1-5H3. The van der Waals surface area contributed by atoms with Crippen molar-refractivity contribution in [2.24, 2.45) is 0 Å². The van der Waals surface area contributed by atoms with Gasteiger partial charge in [0.25, 0.3) is 0 Å². The molecule has 238 valence electrons. The van der Waals surface area contributed by atoms with Crippen molar-refractivity contribution in [3.05, 3.63) is 48.5 Å². The summed E-state index contributed by atoms with van der Waals surface area (Å²) >= 11 is 0. The molecule has 2 aromatic carbocycles. The Bertz CT molecular complexity index is 886. The number of methoxy groups -OCH3 is 1. The second-order valence-electron chi connectivity index (χ2n) is 10.3. The zero-order valence-corrected chi connectivity index (χ0v) is 27.9. The summed E-state index contributed by atoms with van der Waals surface area (Å²) in [7, 11) is -0.815. The third-order valence-corrected chi connectivity index (χ3v) is 10.2. The van der Waals surface area contributed by atoms with Gasteiger partial charge in [-0.15, -0.1) is 0 Å². The van der Waals surface area contributed by atoms with Gasteiger partial charge in [0.2, 0.25) is 0 Å². The molecule has 0 aliphatic rings. The van der Waals surface area contributed by atoms with Gasteiger partial charge >= 0.3 is 8.80 Å². The molecule has 7 nitrogen and oxygen atoms in total. The van der Waals surface area contributed by atoms with Crippen LogP contribution in [0.5, 0.6) is 11.5 Å². The number of hydrogen-bond acceptors (Lipinski definition) is 7. The van der Waals surface area contributed by atoms with E-state index in [2.05, 4.69) is 43.3 Å². The van der Waals surface area contributed by atoms with Crippen LogP contribution in [0, 0.1) is 0 Å². The second kappa shape index (κ2) is 22.6. The lowest BCUT2D eigenvalue weighted by atomic mass is 10.1. The molecule has 0 saturated carbocycles.